The van der Waals surface area contributed by atoms with Gasteiger partial charge in [-0.15, -0.1) is 0 Å². The number of nitrogens with one attached hydrogen (secondary N) is 3. The normalized spacial score (nSPS) is 11.8. The van der Waals surface area contributed by atoms with Crippen molar-refractivity contribution >= 4 is 11.7 Å². The summed E-state index contributed by atoms with van der Waals surface area (Å²) in [6.45, 7) is 1.53. The lowest BCUT2D eigenvalue weighted by atomic mass is 10.4. The maximum Gasteiger partial charge on any atom is 0.435 e. The molecule has 5 nitrogen and oxygen atoms in total. The highest BCUT2D eigenvalue weighted by Crippen LogP contribution is 2.26. The van der Waals surface area contributed by atoms with E-state index >= 15 is 0 Å². The van der Waals surface area contributed by atoms with Crippen LogP contribution in [0.15, 0.2) is 24.5 Å². The lowest BCUT2D eigenvalue weighted by molar-refractivity contribution is -0.141. The molecule has 8 heteroatoms. The van der Waals surface area contributed by atoms with Gasteiger partial charge in [-0.2, -0.15) is 18.3 Å². The van der Waals surface area contributed by atoms with Crippen LogP contribution in [0, 0.1) is 10.8 Å². The second-order valence-corrected chi connectivity index (χ2v) is 3.15. The lowest BCUT2D eigenvalue weighted by Gasteiger charge is -2.03. The number of aromatic nitrogens is 2. The van der Waals surface area contributed by atoms with Crippen molar-refractivity contribution in [2.75, 3.05) is 0 Å². The molecule has 0 radical (unpaired) electrons. The molecule has 0 aliphatic rings. The molecule has 0 bridgehead atoms. The summed E-state index contributed by atoms with van der Waals surface area (Å²) in [6.07, 6.45) is -0.849. The van der Waals surface area contributed by atoms with Crippen LogP contribution in [-0.2, 0) is 6.18 Å². The molecule has 0 spiro atoms. The maximum absolute atomic E-state index is 12.2. The standard InChI is InChI=1S/C9H10F3N5/c1-6(13)2-4-15-8(14)17-5-3-7(16-17)9(10,11)12/h2-5,13H,1H3,(H2,14,15)/b4-2-,13-6?. The average molecular weight is 245 g/mol. The first-order valence-electron chi connectivity index (χ1n) is 4.51. The number of hydrogen-bond acceptors (Lipinski definition) is 3. The second-order valence-electron chi connectivity index (χ2n) is 3.15. The lowest BCUT2D eigenvalue weighted by Crippen LogP contribution is -2.26. The van der Waals surface area contributed by atoms with E-state index in [0.717, 1.165) is 16.9 Å². The van der Waals surface area contributed by atoms with Gasteiger partial charge in [0.2, 0.25) is 5.96 Å². The van der Waals surface area contributed by atoms with Crippen LogP contribution in [-0.4, -0.2) is 21.5 Å². The molecule has 0 amide bonds. The van der Waals surface area contributed by atoms with E-state index in [0.29, 0.717) is 0 Å². The van der Waals surface area contributed by atoms with Crippen LogP contribution in [0.2, 0.25) is 0 Å². The molecule has 92 valence electrons. The molecule has 0 unspecified atom stereocenters. The first kappa shape index (κ1) is 12.9. The van der Waals surface area contributed by atoms with Gasteiger partial charge in [0, 0.05) is 18.1 Å². The van der Waals surface area contributed by atoms with Crippen molar-refractivity contribution in [3.63, 3.8) is 0 Å². The predicted octanol–water partition coefficient (Wildman–Crippen LogP) is 1.83. The van der Waals surface area contributed by atoms with Gasteiger partial charge in [0.15, 0.2) is 5.69 Å². The summed E-state index contributed by atoms with van der Waals surface area (Å²) in [5, 5.41) is 20.0. The van der Waals surface area contributed by atoms with Gasteiger partial charge in [-0.1, -0.05) is 0 Å². The van der Waals surface area contributed by atoms with E-state index in [1.165, 1.54) is 19.2 Å². The Balaban J connectivity index is 2.71. The molecule has 0 aliphatic carbocycles. The molecule has 17 heavy (non-hydrogen) atoms. The third kappa shape index (κ3) is 3.74. The van der Waals surface area contributed by atoms with Gasteiger partial charge < -0.3 is 10.7 Å². The maximum atomic E-state index is 12.2. The first-order valence-corrected chi connectivity index (χ1v) is 4.51. The zero-order valence-corrected chi connectivity index (χ0v) is 8.84. The van der Waals surface area contributed by atoms with Crippen LogP contribution < -0.4 is 5.32 Å². The summed E-state index contributed by atoms with van der Waals surface area (Å²) in [5.74, 6) is -0.335. The molecule has 0 aromatic carbocycles. The average Bonchev–Trinajstić information content (AvgIpc) is 2.64. The molecule has 3 N–H and O–H groups in total. The Morgan fingerprint density at radius 1 is 1.47 bits per heavy atom. The molecule has 1 heterocycles. The van der Waals surface area contributed by atoms with Crippen LogP contribution >= 0.6 is 0 Å². The number of allylic oxidation sites excluding steroid dienone is 1. The minimum absolute atomic E-state index is 0.252. The van der Waals surface area contributed by atoms with Gasteiger partial charge in [0.25, 0.3) is 0 Å². The van der Waals surface area contributed by atoms with Crippen LogP contribution in [0.3, 0.4) is 0 Å². The Labute approximate surface area is 95.0 Å². The van der Waals surface area contributed by atoms with E-state index in [1.807, 2.05) is 0 Å². The van der Waals surface area contributed by atoms with Gasteiger partial charge >= 0.3 is 6.18 Å². The van der Waals surface area contributed by atoms with Crippen molar-refractivity contribution in [1.82, 2.24) is 15.1 Å². The van der Waals surface area contributed by atoms with Gasteiger partial charge in [-0.05, 0) is 19.1 Å². The molecular formula is C9H10F3N5. The van der Waals surface area contributed by atoms with Crippen molar-refractivity contribution < 1.29 is 13.2 Å². The fraction of sp³-hybridized carbons (Fsp3) is 0.222. The third-order valence-corrected chi connectivity index (χ3v) is 1.66. The van der Waals surface area contributed by atoms with Crippen LogP contribution in [0.25, 0.3) is 0 Å². The first-order chi connectivity index (χ1) is 7.80. The highest BCUT2D eigenvalue weighted by atomic mass is 19.4. The molecule has 0 aliphatic heterocycles. The Morgan fingerprint density at radius 3 is 2.59 bits per heavy atom. The zero-order valence-electron chi connectivity index (χ0n) is 8.84. The Morgan fingerprint density at radius 2 is 2.12 bits per heavy atom. The number of hydrogen-bond donors (Lipinski definition) is 3. The van der Waals surface area contributed by atoms with Crippen molar-refractivity contribution in [3.05, 3.63) is 30.2 Å². The minimum atomic E-state index is -4.52. The van der Waals surface area contributed by atoms with Gasteiger partial charge in [0.05, 0.1) is 0 Å². The smallest absolute Gasteiger partial charge is 0.331 e. The van der Waals surface area contributed by atoms with E-state index < -0.39 is 11.9 Å². The quantitative estimate of drug-likeness (QED) is 0.549. The Kier molecular flexibility index (Phi) is 3.66. The number of rotatable bonds is 2. The highest BCUT2D eigenvalue weighted by molar-refractivity contribution is 5.90. The topological polar surface area (TPSA) is 77.5 Å². The number of alkyl halides is 3. The number of nitrogens with zero attached hydrogens (tertiary/aromatic N) is 2. The number of halogens is 3. The van der Waals surface area contributed by atoms with Crippen molar-refractivity contribution in [2.24, 2.45) is 0 Å². The fourth-order valence-corrected chi connectivity index (χ4v) is 0.911. The Bertz CT molecular complexity index is 457. The van der Waals surface area contributed by atoms with Crippen LogP contribution in [0.5, 0.6) is 0 Å². The van der Waals surface area contributed by atoms with E-state index in [4.69, 9.17) is 10.8 Å². The van der Waals surface area contributed by atoms with Gasteiger partial charge in [0.1, 0.15) is 0 Å². The zero-order chi connectivity index (χ0) is 13.1. The van der Waals surface area contributed by atoms with Crippen LogP contribution in [0.4, 0.5) is 13.2 Å². The summed E-state index contributed by atoms with van der Waals surface area (Å²) in [4.78, 5) is 0. The van der Waals surface area contributed by atoms with E-state index in [-0.39, 0.29) is 11.7 Å². The van der Waals surface area contributed by atoms with E-state index in [1.54, 1.807) is 0 Å². The van der Waals surface area contributed by atoms with Crippen molar-refractivity contribution in [3.8, 4) is 0 Å². The molecule has 0 saturated heterocycles. The van der Waals surface area contributed by atoms with Gasteiger partial charge in [-0.25, -0.2) is 4.68 Å². The SMILES string of the molecule is CC(=N)/C=C\NC(=N)n1ccc(C(F)(F)F)n1. The van der Waals surface area contributed by atoms with Crippen LogP contribution in [0.1, 0.15) is 12.6 Å². The molecule has 1 aromatic rings. The predicted molar refractivity (Wildman–Crippen MR) is 56.0 cm³/mol. The van der Waals surface area contributed by atoms with Crippen molar-refractivity contribution in [1.29, 1.82) is 10.8 Å². The largest absolute Gasteiger partial charge is 0.435 e. The van der Waals surface area contributed by atoms with E-state index in [9.17, 15) is 13.2 Å². The molecular weight excluding hydrogens is 235 g/mol. The highest BCUT2D eigenvalue weighted by Gasteiger charge is 2.33. The summed E-state index contributed by atoms with van der Waals surface area (Å²) < 4.78 is 37.4. The molecule has 1 aromatic heterocycles. The van der Waals surface area contributed by atoms with Gasteiger partial charge in [-0.3, -0.25) is 5.41 Å². The third-order valence-electron chi connectivity index (χ3n) is 1.66. The fourth-order valence-electron chi connectivity index (χ4n) is 0.911. The minimum Gasteiger partial charge on any atom is -0.331 e. The summed E-state index contributed by atoms with van der Waals surface area (Å²) in [7, 11) is 0. The van der Waals surface area contributed by atoms with E-state index in [2.05, 4.69) is 10.4 Å². The second kappa shape index (κ2) is 4.81. The molecule has 1 rings (SSSR count). The molecule has 0 fully saturated rings. The monoisotopic (exact) mass is 245 g/mol. The molecule has 0 atom stereocenters. The summed E-state index contributed by atoms with van der Waals surface area (Å²) >= 11 is 0. The Hall–Kier alpha value is -2.12. The van der Waals surface area contributed by atoms with Crippen molar-refractivity contribution in [2.45, 2.75) is 13.1 Å². The summed E-state index contributed by atoms with van der Waals surface area (Å²) in [6, 6.07) is 0.780. The molecule has 0 saturated carbocycles. The summed E-state index contributed by atoms with van der Waals surface area (Å²) in [5.41, 5.74) is -0.807.